The number of aromatic nitrogens is 2. The van der Waals surface area contributed by atoms with E-state index in [9.17, 15) is 4.79 Å². The summed E-state index contributed by atoms with van der Waals surface area (Å²) in [6.07, 6.45) is 0.192. The largest absolute Gasteiger partial charge is 0.497 e. The van der Waals surface area contributed by atoms with Gasteiger partial charge >= 0.3 is 0 Å². The predicted octanol–water partition coefficient (Wildman–Crippen LogP) is 3.39. The van der Waals surface area contributed by atoms with E-state index < -0.39 is 6.10 Å². The van der Waals surface area contributed by atoms with Crippen molar-refractivity contribution in [1.82, 2.24) is 15.5 Å². The van der Waals surface area contributed by atoms with Crippen molar-refractivity contribution in [2.24, 2.45) is 0 Å². The van der Waals surface area contributed by atoms with Crippen molar-refractivity contribution in [3.05, 3.63) is 60.0 Å². The van der Waals surface area contributed by atoms with Gasteiger partial charge in [0, 0.05) is 5.56 Å². The molecule has 7 nitrogen and oxygen atoms in total. The highest BCUT2D eigenvalue weighted by Gasteiger charge is 2.17. The molecule has 0 aliphatic heterocycles. The second kappa shape index (κ2) is 9.03. The zero-order valence-electron chi connectivity index (χ0n) is 16.1. The number of aryl methyl sites for hydroxylation is 1. The van der Waals surface area contributed by atoms with Crippen molar-refractivity contribution in [2.45, 2.75) is 32.9 Å². The van der Waals surface area contributed by atoms with Gasteiger partial charge in [-0.15, -0.1) is 0 Å². The van der Waals surface area contributed by atoms with Crippen LogP contribution in [0.1, 0.15) is 25.3 Å². The van der Waals surface area contributed by atoms with E-state index in [-0.39, 0.29) is 12.5 Å². The van der Waals surface area contributed by atoms with Gasteiger partial charge in [-0.1, -0.05) is 30.3 Å². The summed E-state index contributed by atoms with van der Waals surface area (Å²) in [7, 11) is 1.61. The second-order valence-electron chi connectivity index (χ2n) is 6.18. The Morgan fingerprint density at radius 1 is 1.18 bits per heavy atom. The molecule has 7 heteroatoms. The molecule has 146 valence electrons. The molecular weight excluding hydrogens is 358 g/mol. The fourth-order valence-electron chi connectivity index (χ4n) is 2.65. The van der Waals surface area contributed by atoms with Crippen LogP contribution in [0, 0.1) is 0 Å². The summed E-state index contributed by atoms with van der Waals surface area (Å²) in [6, 6.07) is 15.0. The van der Waals surface area contributed by atoms with Crippen molar-refractivity contribution in [3.63, 3.8) is 0 Å². The number of carbonyl (C=O) groups excluding carboxylic acids is 1. The van der Waals surface area contributed by atoms with Crippen LogP contribution in [0.3, 0.4) is 0 Å². The third-order valence-electron chi connectivity index (χ3n) is 4.26. The summed E-state index contributed by atoms with van der Waals surface area (Å²) >= 11 is 0. The van der Waals surface area contributed by atoms with Gasteiger partial charge in [0.05, 0.1) is 13.7 Å². The average Bonchev–Trinajstić information content (AvgIpc) is 3.21. The number of nitrogens with zero attached hydrogens (tertiary/aromatic N) is 2. The summed E-state index contributed by atoms with van der Waals surface area (Å²) in [5.74, 6) is 1.98. The average molecular weight is 381 g/mol. The van der Waals surface area contributed by atoms with Gasteiger partial charge < -0.3 is 19.3 Å². The molecule has 1 aromatic heterocycles. The highest BCUT2D eigenvalue weighted by Crippen LogP contribution is 2.21. The molecule has 3 aromatic rings. The van der Waals surface area contributed by atoms with E-state index in [1.54, 1.807) is 14.0 Å². The molecular formula is C21H23N3O4. The molecule has 0 fully saturated rings. The number of carbonyl (C=O) groups is 1. The lowest BCUT2D eigenvalue weighted by atomic mass is 10.1. The molecule has 28 heavy (non-hydrogen) atoms. The minimum atomic E-state index is -0.642. The Labute approximate surface area is 163 Å². The molecule has 0 saturated heterocycles. The fourth-order valence-corrected chi connectivity index (χ4v) is 2.65. The van der Waals surface area contributed by atoms with E-state index in [4.69, 9.17) is 14.0 Å². The number of hydrogen-bond donors (Lipinski definition) is 1. The highest BCUT2D eigenvalue weighted by molar-refractivity contribution is 5.80. The number of rotatable bonds is 8. The number of methoxy groups -OCH3 is 1. The third kappa shape index (κ3) is 4.68. The standard InChI is InChI=1S/C21H23N3O4/c1-4-15-7-5-6-8-18(15)27-14(2)21(25)22-13-19-23-20(24-28-19)16-9-11-17(26-3)12-10-16/h5-12,14H,4,13H2,1-3H3,(H,22,25)/t14-/m1/s1. The van der Waals surface area contributed by atoms with Crippen LogP contribution in [0.5, 0.6) is 11.5 Å². The first-order valence-corrected chi connectivity index (χ1v) is 9.10. The van der Waals surface area contributed by atoms with Crippen molar-refractivity contribution in [3.8, 4) is 22.9 Å². The maximum atomic E-state index is 12.3. The fraction of sp³-hybridized carbons (Fsp3) is 0.286. The monoisotopic (exact) mass is 381 g/mol. The zero-order chi connectivity index (χ0) is 19.9. The number of hydrogen-bond acceptors (Lipinski definition) is 6. The quantitative estimate of drug-likeness (QED) is 0.644. The van der Waals surface area contributed by atoms with E-state index in [0.717, 1.165) is 23.3 Å². The number of ether oxygens (including phenoxy) is 2. The van der Waals surface area contributed by atoms with Gasteiger partial charge in [0.15, 0.2) is 6.10 Å². The first-order valence-electron chi connectivity index (χ1n) is 9.10. The number of nitrogens with one attached hydrogen (secondary N) is 1. The molecule has 1 amide bonds. The van der Waals surface area contributed by atoms with Crippen LogP contribution in [0.15, 0.2) is 53.1 Å². The maximum absolute atomic E-state index is 12.3. The second-order valence-corrected chi connectivity index (χ2v) is 6.18. The van der Waals surface area contributed by atoms with Crippen LogP contribution in [-0.4, -0.2) is 29.3 Å². The van der Waals surface area contributed by atoms with Gasteiger partial charge in [-0.2, -0.15) is 4.98 Å². The number of benzene rings is 2. The molecule has 2 aromatic carbocycles. The SMILES string of the molecule is CCc1ccccc1O[C@H](C)C(=O)NCc1nc(-c2ccc(OC)cc2)no1. The Balaban J connectivity index is 1.56. The van der Waals surface area contributed by atoms with Gasteiger partial charge in [-0.25, -0.2) is 0 Å². The van der Waals surface area contributed by atoms with Crippen LogP contribution in [0.25, 0.3) is 11.4 Å². The summed E-state index contributed by atoms with van der Waals surface area (Å²) in [5, 5.41) is 6.70. The lowest BCUT2D eigenvalue weighted by molar-refractivity contribution is -0.127. The lowest BCUT2D eigenvalue weighted by Crippen LogP contribution is -2.36. The minimum absolute atomic E-state index is 0.130. The molecule has 0 bridgehead atoms. The zero-order valence-corrected chi connectivity index (χ0v) is 16.1. The molecule has 1 atom stereocenters. The summed E-state index contributed by atoms with van der Waals surface area (Å²) in [5.41, 5.74) is 1.86. The molecule has 0 aliphatic rings. The first kappa shape index (κ1) is 19.4. The first-order chi connectivity index (χ1) is 13.6. The van der Waals surface area contributed by atoms with Crippen molar-refractivity contribution in [1.29, 1.82) is 0 Å². The van der Waals surface area contributed by atoms with Crippen LogP contribution < -0.4 is 14.8 Å². The molecule has 0 spiro atoms. The maximum Gasteiger partial charge on any atom is 0.261 e. The predicted molar refractivity (Wildman–Crippen MR) is 104 cm³/mol. The van der Waals surface area contributed by atoms with E-state index in [1.807, 2.05) is 55.5 Å². The van der Waals surface area contributed by atoms with Crippen molar-refractivity contribution >= 4 is 5.91 Å². The number of para-hydroxylation sites is 1. The Morgan fingerprint density at radius 3 is 2.64 bits per heavy atom. The normalized spacial score (nSPS) is 11.7. The van der Waals surface area contributed by atoms with Gasteiger partial charge in [0.25, 0.3) is 5.91 Å². The van der Waals surface area contributed by atoms with E-state index in [0.29, 0.717) is 17.5 Å². The summed E-state index contributed by atoms with van der Waals surface area (Å²) < 4.78 is 16.1. The van der Waals surface area contributed by atoms with Gasteiger partial charge in [-0.3, -0.25) is 4.79 Å². The number of amides is 1. The van der Waals surface area contributed by atoms with Gasteiger partial charge in [0.1, 0.15) is 11.5 Å². The van der Waals surface area contributed by atoms with E-state index in [1.165, 1.54) is 0 Å². The van der Waals surface area contributed by atoms with E-state index >= 15 is 0 Å². The van der Waals surface area contributed by atoms with Crippen LogP contribution >= 0.6 is 0 Å². The molecule has 3 rings (SSSR count). The highest BCUT2D eigenvalue weighted by atomic mass is 16.5. The van der Waals surface area contributed by atoms with Crippen LogP contribution in [-0.2, 0) is 17.8 Å². The smallest absolute Gasteiger partial charge is 0.261 e. The van der Waals surface area contributed by atoms with Crippen LogP contribution in [0.2, 0.25) is 0 Å². The molecule has 0 saturated carbocycles. The van der Waals surface area contributed by atoms with Crippen LogP contribution in [0.4, 0.5) is 0 Å². The lowest BCUT2D eigenvalue weighted by Gasteiger charge is -2.16. The molecule has 0 unspecified atom stereocenters. The molecule has 0 aliphatic carbocycles. The van der Waals surface area contributed by atoms with Crippen molar-refractivity contribution in [2.75, 3.05) is 7.11 Å². The van der Waals surface area contributed by atoms with E-state index in [2.05, 4.69) is 15.5 Å². The summed E-state index contributed by atoms with van der Waals surface area (Å²) in [4.78, 5) is 16.6. The topological polar surface area (TPSA) is 86.5 Å². The Kier molecular flexibility index (Phi) is 6.26. The van der Waals surface area contributed by atoms with Gasteiger partial charge in [0.2, 0.25) is 11.7 Å². The Bertz CT molecular complexity index is 921. The third-order valence-corrected chi connectivity index (χ3v) is 4.26. The molecule has 1 heterocycles. The summed E-state index contributed by atoms with van der Waals surface area (Å²) in [6.45, 7) is 3.88. The molecule has 1 N–H and O–H groups in total. The Morgan fingerprint density at radius 2 is 1.93 bits per heavy atom. The Hall–Kier alpha value is -3.35. The van der Waals surface area contributed by atoms with Gasteiger partial charge in [-0.05, 0) is 49.2 Å². The molecule has 0 radical (unpaired) electrons. The van der Waals surface area contributed by atoms with Crippen molar-refractivity contribution < 1.29 is 18.8 Å². The minimum Gasteiger partial charge on any atom is -0.497 e.